The lowest BCUT2D eigenvalue weighted by Crippen LogP contribution is -2.42. The van der Waals surface area contributed by atoms with Gasteiger partial charge in [-0.1, -0.05) is 42.2 Å². The molecule has 1 atom stereocenters. The Labute approximate surface area is 207 Å². The Kier molecular flexibility index (Phi) is 6.89. The van der Waals surface area contributed by atoms with Gasteiger partial charge in [-0.05, 0) is 42.2 Å². The summed E-state index contributed by atoms with van der Waals surface area (Å²) in [7, 11) is 0. The average Bonchev–Trinajstić information content (AvgIpc) is 3.29. The molecule has 2 aromatic carbocycles. The molecule has 5 rings (SSSR count). The number of benzene rings is 2. The van der Waals surface area contributed by atoms with Crippen LogP contribution in [0.15, 0.2) is 58.8 Å². The van der Waals surface area contributed by atoms with E-state index in [1.165, 1.54) is 11.1 Å². The van der Waals surface area contributed by atoms with Crippen LogP contribution in [0, 0.1) is 25.7 Å². The topological polar surface area (TPSA) is 60.3 Å². The summed E-state index contributed by atoms with van der Waals surface area (Å²) in [5.41, 5.74) is 6.30. The third-order valence-electron chi connectivity index (χ3n) is 6.84. The monoisotopic (exact) mass is 465 g/mol. The van der Waals surface area contributed by atoms with E-state index in [4.69, 9.17) is 0 Å². The molecule has 1 N–H and O–H groups in total. The number of hydrogen-bond donors (Lipinski definition) is 1. The van der Waals surface area contributed by atoms with Crippen molar-refractivity contribution in [2.45, 2.75) is 32.9 Å². The van der Waals surface area contributed by atoms with Crippen LogP contribution in [-0.4, -0.2) is 66.4 Å². The number of piperazine rings is 1. The van der Waals surface area contributed by atoms with Gasteiger partial charge in [-0.25, -0.2) is 0 Å². The van der Waals surface area contributed by atoms with Crippen molar-refractivity contribution in [3.8, 4) is 11.8 Å². The first-order chi connectivity index (χ1) is 17.1. The first-order valence-corrected chi connectivity index (χ1v) is 12.3. The number of nitrogens with one attached hydrogen (secondary N) is 1. The van der Waals surface area contributed by atoms with Crippen LogP contribution in [0.3, 0.4) is 0 Å². The summed E-state index contributed by atoms with van der Waals surface area (Å²) in [6.45, 7) is 10.0. The number of rotatable bonds is 5. The SMILES string of the molecule is Cc1ccc(C(=O)Cc2ccc(CN3CCNCC3)c(C)c2)cc1C#CC1CN=C2C=NC=CN21. The minimum Gasteiger partial charge on any atom is -0.314 e. The van der Waals surface area contributed by atoms with Gasteiger partial charge in [0.05, 0.1) is 12.8 Å². The van der Waals surface area contributed by atoms with Crippen molar-refractivity contribution in [2.75, 3.05) is 32.7 Å². The Bertz CT molecular complexity index is 1270. The van der Waals surface area contributed by atoms with Gasteiger partial charge < -0.3 is 10.2 Å². The molecule has 1 fully saturated rings. The van der Waals surface area contributed by atoms with Gasteiger partial charge in [0, 0.05) is 62.7 Å². The van der Waals surface area contributed by atoms with E-state index in [0.717, 1.165) is 55.2 Å². The standard InChI is InChI=1S/C29H31N5O/c1-21-3-5-25(17-24(21)7-8-27-18-32-29-19-31-11-14-34(27)29)28(35)16-23-4-6-26(22(2)15-23)20-33-12-9-30-10-13-33/h3-6,11,14-15,17,19,27,30H,9-10,12-13,16,18,20H2,1-2H3. The first-order valence-electron chi connectivity index (χ1n) is 12.3. The van der Waals surface area contributed by atoms with Gasteiger partial charge in [-0.15, -0.1) is 0 Å². The van der Waals surface area contributed by atoms with Gasteiger partial charge in [-0.3, -0.25) is 19.7 Å². The van der Waals surface area contributed by atoms with E-state index in [2.05, 4.69) is 57.2 Å². The molecule has 35 heavy (non-hydrogen) atoms. The maximum Gasteiger partial charge on any atom is 0.167 e. The van der Waals surface area contributed by atoms with Crippen LogP contribution < -0.4 is 5.32 Å². The Hall–Kier alpha value is -3.53. The van der Waals surface area contributed by atoms with Crippen molar-refractivity contribution in [2.24, 2.45) is 9.98 Å². The fourth-order valence-electron chi connectivity index (χ4n) is 4.67. The van der Waals surface area contributed by atoms with Crippen LogP contribution in [0.25, 0.3) is 0 Å². The molecular weight excluding hydrogens is 434 g/mol. The second-order valence-electron chi connectivity index (χ2n) is 9.38. The van der Waals surface area contributed by atoms with Crippen LogP contribution in [0.4, 0.5) is 0 Å². The molecule has 1 saturated heterocycles. The summed E-state index contributed by atoms with van der Waals surface area (Å²) < 4.78 is 0. The molecule has 6 heteroatoms. The third kappa shape index (κ3) is 5.43. The molecular formula is C29H31N5O. The second-order valence-corrected chi connectivity index (χ2v) is 9.38. The predicted molar refractivity (Wildman–Crippen MR) is 141 cm³/mol. The van der Waals surface area contributed by atoms with E-state index in [1.807, 2.05) is 36.2 Å². The van der Waals surface area contributed by atoms with Crippen molar-refractivity contribution in [1.82, 2.24) is 15.1 Å². The quantitative estimate of drug-likeness (QED) is 0.545. The number of carbonyl (C=O) groups excluding carboxylic acids is 1. The molecule has 0 spiro atoms. The lowest BCUT2D eigenvalue weighted by molar-refractivity contribution is 0.0993. The smallest absolute Gasteiger partial charge is 0.167 e. The predicted octanol–water partition coefficient (Wildman–Crippen LogP) is 3.12. The Morgan fingerprint density at radius 3 is 2.80 bits per heavy atom. The molecule has 0 aromatic heterocycles. The van der Waals surface area contributed by atoms with Crippen LogP contribution in [0.5, 0.6) is 0 Å². The van der Waals surface area contributed by atoms with Crippen LogP contribution in [-0.2, 0) is 13.0 Å². The number of Topliss-reactive ketones (excluding diaryl/α,β-unsaturated/α-hetero) is 1. The van der Waals surface area contributed by atoms with E-state index in [0.29, 0.717) is 18.5 Å². The van der Waals surface area contributed by atoms with E-state index in [1.54, 1.807) is 12.4 Å². The third-order valence-corrected chi connectivity index (χ3v) is 6.84. The van der Waals surface area contributed by atoms with Gasteiger partial charge in [0.15, 0.2) is 5.78 Å². The highest BCUT2D eigenvalue weighted by Gasteiger charge is 2.24. The molecule has 0 radical (unpaired) electrons. The molecule has 3 aliphatic heterocycles. The minimum absolute atomic E-state index is 0.00514. The van der Waals surface area contributed by atoms with Crippen LogP contribution in [0.1, 0.15) is 38.2 Å². The van der Waals surface area contributed by atoms with Gasteiger partial charge in [-0.2, -0.15) is 0 Å². The summed E-state index contributed by atoms with van der Waals surface area (Å²) in [6, 6.07) is 12.3. The normalized spacial score (nSPS) is 19.2. The lowest BCUT2D eigenvalue weighted by Gasteiger charge is -2.27. The molecule has 2 aromatic rings. The van der Waals surface area contributed by atoms with E-state index in [-0.39, 0.29) is 11.8 Å². The number of amidine groups is 1. The van der Waals surface area contributed by atoms with Crippen molar-refractivity contribution >= 4 is 17.8 Å². The second kappa shape index (κ2) is 10.4. The van der Waals surface area contributed by atoms with Crippen molar-refractivity contribution in [1.29, 1.82) is 0 Å². The maximum absolute atomic E-state index is 13.1. The number of ketones is 1. The summed E-state index contributed by atoms with van der Waals surface area (Å²) in [4.78, 5) is 26.3. The zero-order valence-corrected chi connectivity index (χ0v) is 20.4. The highest BCUT2D eigenvalue weighted by molar-refractivity contribution is 6.31. The number of nitrogens with zero attached hydrogens (tertiary/aromatic N) is 4. The number of fused-ring (bicyclic) bond motifs is 1. The van der Waals surface area contributed by atoms with Crippen LogP contribution >= 0.6 is 0 Å². The molecule has 6 nitrogen and oxygen atoms in total. The zero-order chi connectivity index (χ0) is 24.2. The maximum atomic E-state index is 13.1. The van der Waals surface area contributed by atoms with Gasteiger partial charge in [0.1, 0.15) is 11.9 Å². The zero-order valence-electron chi connectivity index (χ0n) is 20.4. The minimum atomic E-state index is -0.00514. The number of carbonyl (C=O) groups is 1. The van der Waals surface area contributed by atoms with Crippen molar-refractivity contribution in [3.63, 3.8) is 0 Å². The van der Waals surface area contributed by atoms with Gasteiger partial charge in [0.2, 0.25) is 0 Å². The number of aliphatic imine (C=N–C) groups is 2. The summed E-state index contributed by atoms with van der Waals surface area (Å²) in [6.07, 6.45) is 5.81. The Morgan fingerprint density at radius 1 is 1.11 bits per heavy atom. The van der Waals surface area contributed by atoms with Gasteiger partial charge in [0.25, 0.3) is 0 Å². The van der Waals surface area contributed by atoms with Gasteiger partial charge >= 0.3 is 0 Å². The van der Waals surface area contributed by atoms with Crippen molar-refractivity contribution < 1.29 is 4.79 Å². The summed E-state index contributed by atoms with van der Waals surface area (Å²) in [5.74, 6) is 7.59. The summed E-state index contributed by atoms with van der Waals surface area (Å²) in [5, 5.41) is 3.40. The van der Waals surface area contributed by atoms with Crippen LogP contribution in [0.2, 0.25) is 0 Å². The fraction of sp³-hybridized carbons (Fsp3) is 0.345. The molecule has 0 aliphatic carbocycles. The molecule has 3 aliphatic rings. The summed E-state index contributed by atoms with van der Waals surface area (Å²) >= 11 is 0. The molecule has 1 unspecified atom stereocenters. The highest BCUT2D eigenvalue weighted by Crippen LogP contribution is 2.18. The largest absolute Gasteiger partial charge is 0.314 e. The number of aryl methyl sites for hydroxylation is 2. The van der Waals surface area contributed by atoms with E-state index in [9.17, 15) is 4.79 Å². The Morgan fingerprint density at radius 2 is 1.97 bits per heavy atom. The molecule has 0 amide bonds. The lowest BCUT2D eigenvalue weighted by atomic mass is 9.96. The molecule has 178 valence electrons. The Balaban J connectivity index is 1.26. The molecule has 0 bridgehead atoms. The fourth-order valence-corrected chi connectivity index (χ4v) is 4.67. The number of hydrogen-bond acceptors (Lipinski definition) is 6. The highest BCUT2D eigenvalue weighted by atomic mass is 16.1. The van der Waals surface area contributed by atoms with Crippen molar-refractivity contribution in [3.05, 3.63) is 82.2 Å². The molecule has 3 heterocycles. The average molecular weight is 466 g/mol. The first kappa shape index (κ1) is 23.2. The van der Waals surface area contributed by atoms with E-state index >= 15 is 0 Å². The van der Waals surface area contributed by atoms with E-state index < -0.39 is 0 Å². The molecule has 0 saturated carbocycles.